The molecule has 0 N–H and O–H groups in total. The van der Waals surface area contributed by atoms with Crippen molar-refractivity contribution in [3.63, 3.8) is 0 Å². The summed E-state index contributed by atoms with van der Waals surface area (Å²) in [6.07, 6.45) is 5.77. The fourth-order valence-electron chi connectivity index (χ4n) is 6.30. The third kappa shape index (κ3) is 3.34. The monoisotopic (exact) mass is 449 g/mol. The summed E-state index contributed by atoms with van der Waals surface area (Å²) >= 11 is 0. The van der Waals surface area contributed by atoms with E-state index in [4.69, 9.17) is 4.74 Å². The van der Waals surface area contributed by atoms with E-state index in [-0.39, 0.29) is 35.9 Å². The molecular formula is C25H31N5O3. The van der Waals surface area contributed by atoms with Crippen LogP contribution >= 0.6 is 0 Å². The highest BCUT2D eigenvalue weighted by Crippen LogP contribution is 2.55. The van der Waals surface area contributed by atoms with Gasteiger partial charge in [0.15, 0.2) is 0 Å². The lowest BCUT2D eigenvalue weighted by Crippen LogP contribution is -2.47. The number of hydrogen-bond acceptors (Lipinski definition) is 7. The first-order chi connectivity index (χ1) is 16.0. The molecule has 0 saturated carbocycles. The van der Waals surface area contributed by atoms with Crippen molar-refractivity contribution < 1.29 is 14.3 Å². The molecule has 4 unspecified atom stereocenters. The average Bonchev–Trinajstić information content (AvgIpc) is 3.46. The fraction of sp³-hybridized carbons (Fsp3) is 0.600. The zero-order valence-corrected chi connectivity index (χ0v) is 19.4. The van der Waals surface area contributed by atoms with Gasteiger partial charge in [-0.05, 0) is 56.9 Å². The number of rotatable bonds is 5. The van der Waals surface area contributed by atoms with E-state index in [1.54, 1.807) is 12.4 Å². The van der Waals surface area contributed by atoms with Gasteiger partial charge < -0.3 is 9.64 Å². The van der Waals surface area contributed by atoms with E-state index in [2.05, 4.69) is 33.6 Å². The van der Waals surface area contributed by atoms with Gasteiger partial charge in [0.05, 0.1) is 24.0 Å². The van der Waals surface area contributed by atoms with Crippen LogP contribution < -0.4 is 4.90 Å². The Kier molecular flexibility index (Phi) is 5.10. The van der Waals surface area contributed by atoms with Crippen LogP contribution in [-0.2, 0) is 14.3 Å². The van der Waals surface area contributed by atoms with Gasteiger partial charge in [-0.2, -0.15) is 0 Å². The Labute approximate surface area is 194 Å². The van der Waals surface area contributed by atoms with Crippen LogP contribution in [0.15, 0.2) is 40.8 Å². The maximum Gasteiger partial charge on any atom is 0.236 e. The van der Waals surface area contributed by atoms with Gasteiger partial charge in [-0.15, -0.1) is 0 Å². The number of carbonyl (C=O) groups is 2. The zero-order chi connectivity index (χ0) is 22.7. The number of fused-ring (bicyclic) bond motifs is 7. The van der Waals surface area contributed by atoms with Crippen LogP contribution in [0.5, 0.6) is 0 Å². The van der Waals surface area contributed by atoms with Gasteiger partial charge >= 0.3 is 0 Å². The van der Waals surface area contributed by atoms with Crippen molar-refractivity contribution in [1.29, 1.82) is 0 Å². The van der Waals surface area contributed by atoms with E-state index >= 15 is 0 Å². The Bertz CT molecular complexity index is 995. The normalized spacial score (nSPS) is 31.7. The number of imide groups is 1. The first-order valence-corrected chi connectivity index (χ1v) is 12.1. The summed E-state index contributed by atoms with van der Waals surface area (Å²) in [6, 6.07) is 1.83. The molecule has 1 aromatic rings. The number of allylic oxidation sites excluding steroid dienone is 2. The molecule has 8 nitrogen and oxygen atoms in total. The first kappa shape index (κ1) is 21.0. The van der Waals surface area contributed by atoms with Gasteiger partial charge in [-0.3, -0.25) is 19.4 Å². The molecule has 1 aliphatic carbocycles. The van der Waals surface area contributed by atoms with Crippen molar-refractivity contribution in [2.45, 2.75) is 45.3 Å². The van der Waals surface area contributed by atoms with Crippen molar-refractivity contribution in [3.05, 3.63) is 40.8 Å². The molecular weight excluding hydrogens is 418 g/mol. The second-order valence-electron chi connectivity index (χ2n) is 10.1. The molecule has 174 valence electrons. The smallest absolute Gasteiger partial charge is 0.236 e. The fourth-order valence-corrected chi connectivity index (χ4v) is 6.30. The molecule has 2 amide bonds. The molecule has 5 heterocycles. The van der Waals surface area contributed by atoms with Gasteiger partial charge in [0, 0.05) is 45.1 Å². The van der Waals surface area contributed by atoms with E-state index in [0.29, 0.717) is 6.54 Å². The van der Waals surface area contributed by atoms with Gasteiger partial charge in [0.1, 0.15) is 0 Å². The van der Waals surface area contributed by atoms with Crippen molar-refractivity contribution in [2.24, 2.45) is 11.8 Å². The Morgan fingerprint density at radius 3 is 2.03 bits per heavy atom. The van der Waals surface area contributed by atoms with Crippen LogP contribution in [0.1, 0.15) is 33.1 Å². The number of carbonyl (C=O) groups excluding carboxylic acids is 2. The summed E-state index contributed by atoms with van der Waals surface area (Å²) in [5.74, 6) is 0.146. The van der Waals surface area contributed by atoms with E-state index < -0.39 is 0 Å². The van der Waals surface area contributed by atoms with Crippen molar-refractivity contribution in [3.8, 4) is 0 Å². The minimum atomic E-state index is -0.304. The number of hydrogen-bond donors (Lipinski definition) is 0. The lowest BCUT2D eigenvalue weighted by molar-refractivity contribution is -0.142. The summed E-state index contributed by atoms with van der Waals surface area (Å²) in [5.41, 5.74) is 5.34. The maximum absolute atomic E-state index is 13.2. The molecule has 5 aliphatic rings. The average molecular weight is 450 g/mol. The van der Waals surface area contributed by atoms with Crippen LogP contribution in [0.2, 0.25) is 0 Å². The van der Waals surface area contributed by atoms with Gasteiger partial charge in [0.25, 0.3) is 0 Å². The molecule has 8 heteroatoms. The topological polar surface area (TPSA) is 78.9 Å². The molecule has 3 saturated heterocycles. The van der Waals surface area contributed by atoms with Gasteiger partial charge in [0.2, 0.25) is 17.8 Å². The SMILES string of the molecule is CC1=C(C)CC2=C(C1)C1OC2C2C(=O)N(CCCN3CCN(c4ncccn4)CC3)C(=O)C12. The maximum atomic E-state index is 13.2. The highest BCUT2D eigenvalue weighted by molar-refractivity contribution is 6.07. The van der Waals surface area contributed by atoms with Crippen LogP contribution in [0.4, 0.5) is 5.95 Å². The molecule has 0 spiro atoms. The first-order valence-electron chi connectivity index (χ1n) is 12.1. The van der Waals surface area contributed by atoms with E-state index in [0.717, 1.165) is 57.9 Å². The molecule has 6 rings (SSSR count). The summed E-state index contributed by atoms with van der Waals surface area (Å²) in [4.78, 5) is 41.3. The van der Waals surface area contributed by atoms with Crippen molar-refractivity contribution in [2.75, 3.05) is 44.2 Å². The second-order valence-corrected chi connectivity index (χ2v) is 10.1. The van der Waals surface area contributed by atoms with Gasteiger partial charge in [-0.1, -0.05) is 11.1 Å². The van der Waals surface area contributed by atoms with Crippen molar-refractivity contribution >= 4 is 17.8 Å². The minimum absolute atomic E-state index is 0.0148. The van der Waals surface area contributed by atoms with Crippen LogP contribution in [0.3, 0.4) is 0 Å². The number of ether oxygens (including phenoxy) is 1. The van der Waals surface area contributed by atoms with E-state index in [9.17, 15) is 9.59 Å². The summed E-state index contributed by atoms with van der Waals surface area (Å²) < 4.78 is 6.23. The minimum Gasteiger partial charge on any atom is -0.365 e. The number of aromatic nitrogens is 2. The highest BCUT2D eigenvalue weighted by Gasteiger charge is 2.64. The Hall–Kier alpha value is -2.58. The largest absolute Gasteiger partial charge is 0.365 e. The number of piperazine rings is 1. The molecule has 4 aliphatic heterocycles. The lowest BCUT2D eigenvalue weighted by atomic mass is 9.71. The van der Waals surface area contributed by atoms with E-state index in [1.807, 2.05) is 6.07 Å². The second kappa shape index (κ2) is 8.02. The summed E-state index contributed by atoms with van der Waals surface area (Å²) in [5, 5.41) is 0. The standard InChI is InChI=1S/C25H31N5O3/c1-15-13-17-18(14-16(15)2)22-20-19(21(17)33-22)23(31)30(24(20)32)8-4-7-28-9-11-29(12-10-28)25-26-5-3-6-27-25/h3,5-6,19-22H,4,7-14H2,1-2H3. The molecule has 3 fully saturated rings. The highest BCUT2D eigenvalue weighted by atomic mass is 16.5. The molecule has 1 aromatic heterocycles. The van der Waals surface area contributed by atoms with Gasteiger partial charge in [-0.25, -0.2) is 9.97 Å². The molecule has 0 aromatic carbocycles. The third-order valence-corrected chi connectivity index (χ3v) is 8.24. The quantitative estimate of drug-likeness (QED) is 0.501. The van der Waals surface area contributed by atoms with Crippen LogP contribution in [0, 0.1) is 11.8 Å². The predicted molar refractivity (Wildman–Crippen MR) is 122 cm³/mol. The van der Waals surface area contributed by atoms with Crippen LogP contribution in [-0.4, -0.2) is 83.1 Å². The zero-order valence-electron chi connectivity index (χ0n) is 19.4. The van der Waals surface area contributed by atoms with Crippen LogP contribution in [0.25, 0.3) is 0 Å². The number of likely N-dealkylation sites (tertiary alicyclic amines) is 1. The molecule has 4 atom stereocenters. The molecule has 2 bridgehead atoms. The Balaban J connectivity index is 1.04. The molecule has 0 radical (unpaired) electrons. The molecule has 33 heavy (non-hydrogen) atoms. The van der Waals surface area contributed by atoms with E-state index in [1.165, 1.54) is 27.2 Å². The number of nitrogens with zero attached hydrogens (tertiary/aromatic N) is 5. The summed E-state index contributed by atoms with van der Waals surface area (Å²) in [7, 11) is 0. The predicted octanol–water partition coefficient (Wildman–Crippen LogP) is 1.80. The summed E-state index contributed by atoms with van der Waals surface area (Å²) in [6.45, 7) is 9.38. The Morgan fingerprint density at radius 1 is 0.879 bits per heavy atom. The lowest BCUT2D eigenvalue weighted by Gasteiger charge is -2.34. The Morgan fingerprint density at radius 2 is 1.45 bits per heavy atom. The number of anilines is 1. The number of amides is 2. The van der Waals surface area contributed by atoms with Crippen molar-refractivity contribution in [1.82, 2.24) is 19.8 Å². The third-order valence-electron chi connectivity index (χ3n) is 8.24.